The predicted octanol–water partition coefficient (Wildman–Crippen LogP) is 7.04. The van der Waals surface area contributed by atoms with Gasteiger partial charge in [0.1, 0.15) is 17.5 Å². The number of ether oxygens (including phenoxy) is 2. The Morgan fingerprint density at radius 3 is 2.05 bits per heavy atom. The highest BCUT2D eigenvalue weighted by Crippen LogP contribution is 2.32. The zero-order valence-corrected chi connectivity index (χ0v) is 21.7. The number of carbonyl (C=O) groups is 2. The maximum absolute atomic E-state index is 13.2. The van der Waals surface area contributed by atoms with Crippen LogP contribution in [0.1, 0.15) is 29.8 Å². The first kappa shape index (κ1) is 25.1. The number of para-hydroxylation sites is 1. The fourth-order valence-corrected chi connectivity index (χ4v) is 4.75. The summed E-state index contributed by atoms with van der Waals surface area (Å²) in [6, 6.07) is 30.9. The summed E-state index contributed by atoms with van der Waals surface area (Å²) in [4.78, 5) is 27.2. The minimum atomic E-state index is -0.604. The highest BCUT2D eigenvalue weighted by molar-refractivity contribution is 6.01. The summed E-state index contributed by atoms with van der Waals surface area (Å²) in [5.41, 5.74) is 5.42. The summed E-state index contributed by atoms with van der Waals surface area (Å²) in [6.07, 6.45) is 0. The molecule has 192 valence electrons. The van der Waals surface area contributed by atoms with E-state index in [0.29, 0.717) is 12.1 Å². The molecule has 0 spiro atoms. The van der Waals surface area contributed by atoms with Crippen molar-refractivity contribution in [1.29, 1.82) is 0 Å². The molecule has 6 heteroatoms. The first-order valence-corrected chi connectivity index (χ1v) is 12.6. The van der Waals surface area contributed by atoms with Gasteiger partial charge >= 0.3 is 5.97 Å². The quantitative estimate of drug-likeness (QED) is 0.260. The Morgan fingerprint density at radius 2 is 1.42 bits per heavy atom. The summed E-state index contributed by atoms with van der Waals surface area (Å²) >= 11 is 0. The second kappa shape index (κ2) is 10.8. The van der Waals surface area contributed by atoms with Gasteiger partial charge in [0.05, 0.1) is 7.11 Å². The minimum Gasteiger partial charge on any atom is -0.467 e. The molecule has 0 saturated heterocycles. The lowest BCUT2D eigenvalue weighted by Gasteiger charge is -2.28. The third-order valence-electron chi connectivity index (χ3n) is 6.69. The number of nitrogens with one attached hydrogen (secondary N) is 1. The van der Waals surface area contributed by atoms with Gasteiger partial charge in [0.2, 0.25) is 0 Å². The van der Waals surface area contributed by atoms with E-state index in [-0.39, 0.29) is 17.8 Å². The van der Waals surface area contributed by atoms with Gasteiger partial charge in [-0.3, -0.25) is 4.79 Å². The van der Waals surface area contributed by atoms with E-state index >= 15 is 0 Å². The minimum absolute atomic E-state index is 0.0483. The van der Waals surface area contributed by atoms with E-state index in [9.17, 15) is 9.59 Å². The van der Waals surface area contributed by atoms with Gasteiger partial charge in [-0.05, 0) is 77.2 Å². The Balaban J connectivity index is 1.27. The number of anilines is 2. The molecule has 6 nitrogen and oxygen atoms in total. The van der Waals surface area contributed by atoms with Crippen molar-refractivity contribution in [3.05, 3.63) is 108 Å². The molecule has 0 fully saturated rings. The Morgan fingerprint density at radius 1 is 0.816 bits per heavy atom. The lowest BCUT2D eigenvalue weighted by Crippen LogP contribution is -2.45. The van der Waals surface area contributed by atoms with Crippen LogP contribution in [0.5, 0.6) is 11.5 Å². The van der Waals surface area contributed by atoms with Crippen molar-refractivity contribution in [3.63, 3.8) is 0 Å². The summed E-state index contributed by atoms with van der Waals surface area (Å²) in [6.45, 7) is 4.25. The number of fused-ring (bicyclic) bond motifs is 1. The molecule has 1 amide bonds. The number of benzene rings is 4. The second-order valence-corrected chi connectivity index (χ2v) is 9.66. The second-order valence-electron chi connectivity index (χ2n) is 9.66. The average molecular weight is 507 g/mol. The molecular formula is C32H30N2O4. The van der Waals surface area contributed by atoms with Crippen molar-refractivity contribution in [1.82, 2.24) is 4.90 Å². The van der Waals surface area contributed by atoms with E-state index in [2.05, 4.69) is 5.32 Å². The van der Waals surface area contributed by atoms with Crippen LogP contribution in [0.3, 0.4) is 0 Å². The maximum atomic E-state index is 13.2. The largest absolute Gasteiger partial charge is 0.467 e. The number of hydrogen-bond donors (Lipinski definition) is 1. The van der Waals surface area contributed by atoms with Gasteiger partial charge in [-0.25, -0.2) is 4.79 Å². The third-order valence-corrected chi connectivity index (χ3v) is 6.69. The Labute approximate surface area is 222 Å². The third kappa shape index (κ3) is 5.25. The molecule has 1 atom stereocenters. The molecule has 0 aromatic heterocycles. The molecule has 4 aromatic carbocycles. The van der Waals surface area contributed by atoms with E-state index < -0.39 is 6.04 Å². The van der Waals surface area contributed by atoms with Crippen LogP contribution in [0.15, 0.2) is 97.1 Å². The normalized spacial score (nSPS) is 13.3. The molecular weight excluding hydrogens is 476 g/mol. The van der Waals surface area contributed by atoms with Crippen LogP contribution in [0.2, 0.25) is 0 Å². The summed E-state index contributed by atoms with van der Waals surface area (Å²) in [7, 11) is 1.36. The predicted molar refractivity (Wildman–Crippen MR) is 149 cm³/mol. The number of nitrogens with zero attached hydrogens (tertiary/aromatic N) is 1. The van der Waals surface area contributed by atoms with E-state index in [1.165, 1.54) is 7.11 Å². The molecule has 38 heavy (non-hydrogen) atoms. The van der Waals surface area contributed by atoms with E-state index in [1.54, 1.807) is 4.90 Å². The highest BCUT2D eigenvalue weighted by Gasteiger charge is 2.38. The van der Waals surface area contributed by atoms with Crippen LogP contribution >= 0.6 is 0 Å². The van der Waals surface area contributed by atoms with Crippen LogP contribution in [0.25, 0.3) is 11.1 Å². The van der Waals surface area contributed by atoms with E-state index in [4.69, 9.17) is 9.47 Å². The molecule has 1 aliphatic rings. The van der Waals surface area contributed by atoms with Crippen molar-refractivity contribution < 1.29 is 19.1 Å². The number of methoxy groups -OCH3 is 1. The van der Waals surface area contributed by atoms with Crippen LogP contribution in [-0.2, 0) is 16.1 Å². The number of hydrogen-bond acceptors (Lipinski definition) is 5. The lowest BCUT2D eigenvalue weighted by atomic mass is 10.00. The molecule has 1 heterocycles. The molecule has 0 unspecified atom stereocenters. The summed E-state index contributed by atoms with van der Waals surface area (Å²) in [5, 5.41) is 3.41. The van der Waals surface area contributed by atoms with E-state index in [1.807, 2.05) is 111 Å². The van der Waals surface area contributed by atoms with E-state index in [0.717, 1.165) is 39.6 Å². The number of esters is 1. The maximum Gasteiger partial charge on any atom is 0.328 e. The average Bonchev–Trinajstić information content (AvgIpc) is 3.25. The molecule has 0 saturated carbocycles. The molecule has 0 aliphatic carbocycles. The summed E-state index contributed by atoms with van der Waals surface area (Å²) in [5.74, 6) is 1.00. The van der Waals surface area contributed by atoms with Gasteiger partial charge in [0.25, 0.3) is 5.91 Å². The number of rotatable bonds is 8. The Kier molecular flexibility index (Phi) is 7.13. The monoisotopic (exact) mass is 506 g/mol. The zero-order valence-electron chi connectivity index (χ0n) is 21.7. The van der Waals surface area contributed by atoms with Crippen LogP contribution in [-0.4, -0.2) is 29.9 Å². The van der Waals surface area contributed by atoms with Gasteiger partial charge in [-0.1, -0.05) is 56.3 Å². The fourth-order valence-electron chi connectivity index (χ4n) is 4.75. The topological polar surface area (TPSA) is 67.9 Å². The Bertz CT molecular complexity index is 1430. The SMILES string of the molecule is COC(=O)[C@H](C(C)C)N1Cc2ccc(-c3ccc(Nc4ccc(Oc5ccccc5)cc4)cc3)cc2C1=O. The van der Waals surface area contributed by atoms with Crippen molar-refractivity contribution in [2.45, 2.75) is 26.4 Å². The fraction of sp³-hybridized carbons (Fsp3) is 0.188. The Hall–Kier alpha value is -4.58. The number of amides is 1. The molecule has 0 radical (unpaired) electrons. The van der Waals surface area contributed by atoms with Crippen molar-refractivity contribution in [2.24, 2.45) is 5.92 Å². The van der Waals surface area contributed by atoms with Crippen molar-refractivity contribution in [3.8, 4) is 22.6 Å². The molecule has 5 rings (SSSR count). The smallest absolute Gasteiger partial charge is 0.328 e. The highest BCUT2D eigenvalue weighted by atomic mass is 16.5. The molecule has 1 N–H and O–H groups in total. The lowest BCUT2D eigenvalue weighted by molar-refractivity contribution is -0.147. The molecule has 0 bridgehead atoms. The van der Waals surface area contributed by atoms with Crippen LogP contribution in [0.4, 0.5) is 11.4 Å². The van der Waals surface area contributed by atoms with Crippen LogP contribution in [0, 0.1) is 5.92 Å². The van der Waals surface area contributed by atoms with Gasteiger partial charge < -0.3 is 19.7 Å². The van der Waals surface area contributed by atoms with Crippen LogP contribution < -0.4 is 10.1 Å². The van der Waals surface area contributed by atoms with Gasteiger partial charge in [0.15, 0.2) is 0 Å². The van der Waals surface area contributed by atoms with Gasteiger partial charge in [-0.2, -0.15) is 0 Å². The van der Waals surface area contributed by atoms with Crippen molar-refractivity contribution in [2.75, 3.05) is 12.4 Å². The molecule has 1 aliphatic heterocycles. The van der Waals surface area contributed by atoms with Gasteiger partial charge in [0, 0.05) is 23.5 Å². The molecule has 4 aromatic rings. The zero-order chi connectivity index (χ0) is 26.6. The first-order valence-electron chi connectivity index (χ1n) is 12.6. The first-order chi connectivity index (χ1) is 18.4. The summed E-state index contributed by atoms with van der Waals surface area (Å²) < 4.78 is 10.8. The van der Waals surface area contributed by atoms with Gasteiger partial charge in [-0.15, -0.1) is 0 Å². The standard InChI is InChI=1S/C32H30N2O4/c1-21(2)30(32(36)37-3)34-20-24-10-9-23(19-29(24)31(34)35)22-11-13-25(14-12-22)33-26-15-17-28(18-16-26)38-27-7-5-4-6-8-27/h4-19,21,30,33H,20H2,1-3H3/t30-/m0/s1. The van der Waals surface area contributed by atoms with Crippen molar-refractivity contribution >= 4 is 23.3 Å². The number of carbonyl (C=O) groups excluding carboxylic acids is 2.